The van der Waals surface area contributed by atoms with Gasteiger partial charge in [0.1, 0.15) is 5.75 Å². The first-order valence-electron chi connectivity index (χ1n) is 9.06. The maximum atomic E-state index is 12.3. The molecule has 1 aliphatic rings. The number of hydrogen-bond donors (Lipinski definition) is 1. The Morgan fingerprint density at radius 3 is 2.62 bits per heavy atom. The number of aromatic nitrogens is 2. The predicted octanol–water partition coefficient (Wildman–Crippen LogP) is 0.871. The van der Waals surface area contributed by atoms with Crippen molar-refractivity contribution in [2.45, 2.75) is 12.8 Å². The van der Waals surface area contributed by atoms with Crippen LogP contribution in [-0.4, -0.2) is 34.6 Å². The van der Waals surface area contributed by atoms with E-state index < -0.39 is 17.2 Å². The zero-order valence-electron chi connectivity index (χ0n) is 16.5. The number of nitrogens with one attached hydrogen (secondary N) is 1. The number of methoxy groups -OCH3 is 1. The van der Waals surface area contributed by atoms with Crippen molar-refractivity contribution in [1.82, 2.24) is 9.13 Å². The summed E-state index contributed by atoms with van der Waals surface area (Å²) in [6.07, 6.45) is 5.20. The Labute approximate surface area is 166 Å². The third-order valence-corrected chi connectivity index (χ3v) is 4.70. The van der Waals surface area contributed by atoms with Crippen LogP contribution in [0.4, 0.5) is 11.4 Å². The minimum Gasteiger partial charge on any atom is -0.495 e. The topological polar surface area (TPSA) is 103 Å². The van der Waals surface area contributed by atoms with Crippen molar-refractivity contribution in [1.29, 1.82) is 0 Å². The molecule has 0 atom stereocenters. The van der Waals surface area contributed by atoms with Gasteiger partial charge in [-0.2, -0.15) is 0 Å². The Balaban J connectivity index is 1.81. The summed E-state index contributed by atoms with van der Waals surface area (Å²) in [5, 5.41) is 2.71. The van der Waals surface area contributed by atoms with Gasteiger partial charge in [0.2, 0.25) is 11.8 Å². The number of benzene rings is 1. The minimum atomic E-state index is -0.489. The van der Waals surface area contributed by atoms with Gasteiger partial charge in [-0.1, -0.05) is 0 Å². The van der Waals surface area contributed by atoms with E-state index in [1.54, 1.807) is 23.1 Å². The molecule has 1 aromatic heterocycles. The van der Waals surface area contributed by atoms with Crippen LogP contribution in [0.15, 0.2) is 40.1 Å². The molecule has 0 bridgehead atoms. The highest BCUT2D eigenvalue weighted by atomic mass is 16.5. The van der Waals surface area contributed by atoms with Crippen LogP contribution < -0.4 is 26.2 Å². The third kappa shape index (κ3) is 4.13. The van der Waals surface area contributed by atoms with E-state index in [2.05, 4.69) is 5.32 Å². The summed E-state index contributed by atoms with van der Waals surface area (Å²) in [7, 11) is 4.42. The van der Waals surface area contributed by atoms with E-state index in [1.807, 2.05) is 0 Å². The molecule has 29 heavy (non-hydrogen) atoms. The zero-order valence-corrected chi connectivity index (χ0v) is 16.5. The second kappa shape index (κ2) is 8.17. The third-order valence-electron chi connectivity index (χ3n) is 4.70. The fourth-order valence-electron chi connectivity index (χ4n) is 3.18. The van der Waals surface area contributed by atoms with Crippen LogP contribution in [0.2, 0.25) is 0 Å². The van der Waals surface area contributed by atoms with E-state index in [0.29, 0.717) is 30.1 Å². The van der Waals surface area contributed by atoms with E-state index in [0.717, 1.165) is 11.0 Å². The van der Waals surface area contributed by atoms with Crippen LogP contribution in [0.5, 0.6) is 5.75 Å². The Morgan fingerprint density at radius 2 is 1.97 bits per heavy atom. The van der Waals surface area contributed by atoms with Crippen LogP contribution in [0.1, 0.15) is 18.4 Å². The number of anilines is 2. The van der Waals surface area contributed by atoms with Gasteiger partial charge in [-0.05, 0) is 30.7 Å². The van der Waals surface area contributed by atoms with Crippen molar-refractivity contribution in [2.75, 3.05) is 23.9 Å². The SMILES string of the molecule is COc1ccc(NC(=O)/C=C/c2cn(C)c(=O)n(C)c2=O)cc1N1CCCC1=O. The van der Waals surface area contributed by atoms with E-state index >= 15 is 0 Å². The Hall–Kier alpha value is -3.62. The second-order valence-corrected chi connectivity index (χ2v) is 6.70. The summed E-state index contributed by atoms with van der Waals surface area (Å²) in [4.78, 5) is 49.8. The molecule has 9 nitrogen and oxygen atoms in total. The van der Waals surface area contributed by atoms with Crippen LogP contribution in [0.3, 0.4) is 0 Å². The number of carbonyl (C=O) groups is 2. The van der Waals surface area contributed by atoms with E-state index in [1.165, 1.54) is 44.1 Å². The van der Waals surface area contributed by atoms with Gasteiger partial charge in [-0.15, -0.1) is 0 Å². The number of aryl methyl sites for hydroxylation is 1. The minimum absolute atomic E-state index is 0.0113. The van der Waals surface area contributed by atoms with Crippen LogP contribution in [0.25, 0.3) is 6.08 Å². The van der Waals surface area contributed by atoms with Gasteiger partial charge in [-0.25, -0.2) is 4.79 Å². The van der Waals surface area contributed by atoms with Crippen molar-refractivity contribution in [3.05, 3.63) is 56.9 Å². The van der Waals surface area contributed by atoms with Gasteiger partial charge in [0.25, 0.3) is 5.56 Å². The fourth-order valence-corrected chi connectivity index (χ4v) is 3.18. The van der Waals surface area contributed by atoms with Crippen LogP contribution >= 0.6 is 0 Å². The first-order valence-corrected chi connectivity index (χ1v) is 9.06. The molecule has 152 valence electrons. The molecule has 0 unspecified atom stereocenters. The number of hydrogen-bond acceptors (Lipinski definition) is 5. The highest BCUT2D eigenvalue weighted by Crippen LogP contribution is 2.34. The summed E-state index contributed by atoms with van der Waals surface area (Å²) in [6.45, 7) is 0.600. The van der Waals surface area contributed by atoms with Crippen molar-refractivity contribution in [3.8, 4) is 5.75 Å². The Morgan fingerprint density at radius 1 is 1.21 bits per heavy atom. The van der Waals surface area contributed by atoms with Crippen LogP contribution in [-0.2, 0) is 23.7 Å². The van der Waals surface area contributed by atoms with Gasteiger partial charge in [-0.3, -0.25) is 19.0 Å². The summed E-state index contributed by atoms with van der Waals surface area (Å²) >= 11 is 0. The molecule has 2 aromatic rings. The first-order chi connectivity index (χ1) is 13.8. The fraction of sp³-hybridized carbons (Fsp3) is 0.300. The standard InChI is InChI=1S/C20H22N4O5/c1-22-12-13(19(27)23(2)20(22)28)6-9-17(25)21-14-7-8-16(29-3)15(11-14)24-10-4-5-18(24)26/h6-9,11-12H,4-5,10H2,1-3H3,(H,21,25)/b9-6+. The van der Waals surface area contributed by atoms with Gasteiger partial charge >= 0.3 is 5.69 Å². The number of carbonyl (C=O) groups excluding carboxylic acids is 2. The summed E-state index contributed by atoms with van der Waals surface area (Å²) in [5.74, 6) is 0.101. The molecule has 0 aliphatic carbocycles. The summed E-state index contributed by atoms with van der Waals surface area (Å²) < 4.78 is 7.57. The molecule has 1 saturated heterocycles. The maximum Gasteiger partial charge on any atom is 0.330 e. The molecule has 9 heteroatoms. The molecule has 1 aromatic carbocycles. The lowest BCUT2D eigenvalue weighted by molar-refractivity contribution is -0.117. The van der Waals surface area contributed by atoms with Gasteiger partial charge in [0.15, 0.2) is 0 Å². The highest BCUT2D eigenvalue weighted by molar-refractivity contribution is 6.03. The highest BCUT2D eigenvalue weighted by Gasteiger charge is 2.24. The van der Waals surface area contributed by atoms with E-state index in [9.17, 15) is 19.2 Å². The van der Waals surface area contributed by atoms with E-state index in [-0.39, 0.29) is 11.5 Å². The van der Waals surface area contributed by atoms with Crippen molar-refractivity contribution < 1.29 is 14.3 Å². The van der Waals surface area contributed by atoms with Gasteiger partial charge in [0.05, 0.1) is 18.4 Å². The molecule has 1 fully saturated rings. The normalized spacial score (nSPS) is 13.9. The van der Waals surface area contributed by atoms with Crippen molar-refractivity contribution in [3.63, 3.8) is 0 Å². The number of nitrogens with zero attached hydrogens (tertiary/aromatic N) is 3. The maximum absolute atomic E-state index is 12.3. The lowest BCUT2D eigenvalue weighted by Crippen LogP contribution is -2.37. The molecule has 2 heterocycles. The number of rotatable bonds is 5. The molecular weight excluding hydrogens is 376 g/mol. The molecule has 2 amide bonds. The Kier molecular flexibility index (Phi) is 5.67. The summed E-state index contributed by atoms with van der Waals surface area (Å²) in [5.41, 5.74) is 0.366. The van der Waals surface area contributed by atoms with Gasteiger partial charge < -0.3 is 19.5 Å². The average Bonchev–Trinajstić information content (AvgIpc) is 3.13. The molecule has 0 saturated carbocycles. The van der Waals surface area contributed by atoms with Crippen molar-refractivity contribution in [2.24, 2.45) is 14.1 Å². The zero-order chi connectivity index (χ0) is 21.1. The van der Waals surface area contributed by atoms with Crippen LogP contribution in [0, 0.1) is 0 Å². The largest absolute Gasteiger partial charge is 0.495 e. The summed E-state index contributed by atoms with van der Waals surface area (Å²) in [6, 6.07) is 5.03. The lowest BCUT2D eigenvalue weighted by Gasteiger charge is -2.20. The molecular formula is C20H22N4O5. The Bertz CT molecular complexity index is 1110. The quantitative estimate of drug-likeness (QED) is 0.753. The number of amides is 2. The number of ether oxygens (including phenoxy) is 1. The smallest absolute Gasteiger partial charge is 0.330 e. The molecule has 1 N–H and O–H groups in total. The molecule has 0 spiro atoms. The first kappa shape index (κ1) is 20.1. The molecule has 0 radical (unpaired) electrons. The molecule has 1 aliphatic heterocycles. The monoisotopic (exact) mass is 398 g/mol. The lowest BCUT2D eigenvalue weighted by atomic mass is 10.2. The second-order valence-electron chi connectivity index (χ2n) is 6.70. The van der Waals surface area contributed by atoms with Gasteiger partial charge in [0, 0.05) is 45.0 Å². The molecule has 3 rings (SSSR count). The van der Waals surface area contributed by atoms with Crippen molar-refractivity contribution >= 4 is 29.3 Å². The predicted molar refractivity (Wildman–Crippen MR) is 109 cm³/mol. The van der Waals surface area contributed by atoms with E-state index in [4.69, 9.17) is 4.74 Å². The average molecular weight is 398 g/mol.